The van der Waals surface area contributed by atoms with Crippen molar-refractivity contribution in [3.8, 4) is 0 Å². The summed E-state index contributed by atoms with van der Waals surface area (Å²) >= 11 is 0. The zero-order valence-electron chi connectivity index (χ0n) is 16.1. The fourth-order valence-corrected chi connectivity index (χ4v) is 3.89. The number of nitrogens with zero attached hydrogens (tertiary/aromatic N) is 2. The standard InChI is InChI=1S/C19H36N4O.HI/c1-3-18(24)23-14-12-17(15-23)22-19(20-4-2)21-13-8-11-16-9-6-5-7-10-16;/h16-17H,3-15H2,1-2H3,(H2,20,21,22);1H. The van der Waals surface area contributed by atoms with E-state index in [2.05, 4.69) is 17.6 Å². The largest absolute Gasteiger partial charge is 0.357 e. The third kappa shape index (κ3) is 8.13. The van der Waals surface area contributed by atoms with Gasteiger partial charge < -0.3 is 15.5 Å². The van der Waals surface area contributed by atoms with E-state index in [9.17, 15) is 4.79 Å². The number of carbonyl (C=O) groups is 1. The number of hydrogen-bond acceptors (Lipinski definition) is 2. The van der Waals surface area contributed by atoms with Crippen molar-refractivity contribution in [3.63, 3.8) is 0 Å². The van der Waals surface area contributed by atoms with Crippen molar-refractivity contribution >= 4 is 35.8 Å². The maximum Gasteiger partial charge on any atom is 0.222 e. The fourth-order valence-electron chi connectivity index (χ4n) is 3.89. The van der Waals surface area contributed by atoms with Gasteiger partial charge in [0.25, 0.3) is 0 Å². The maximum absolute atomic E-state index is 11.8. The molecule has 0 radical (unpaired) electrons. The molecule has 0 bridgehead atoms. The summed E-state index contributed by atoms with van der Waals surface area (Å²) in [6.45, 7) is 7.47. The first kappa shape index (κ1) is 22.5. The Morgan fingerprint density at radius 1 is 1.16 bits per heavy atom. The van der Waals surface area contributed by atoms with Gasteiger partial charge in [-0.05, 0) is 32.1 Å². The second-order valence-corrected chi connectivity index (χ2v) is 7.23. The Morgan fingerprint density at radius 2 is 1.92 bits per heavy atom. The van der Waals surface area contributed by atoms with E-state index in [-0.39, 0.29) is 29.9 Å². The van der Waals surface area contributed by atoms with Crippen molar-refractivity contribution < 1.29 is 4.79 Å². The summed E-state index contributed by atoms with van der Waals surface area (Å²) < 4.78 is 0. The summed E-state index contributed by atoms with van der Waals surface area (Å²) in [5.41, 5.74) is 0. The van der Waals surface area contributed by atoms with Gasteiger partial charge in [-0.1, -0.05) is 39.0 Å². The Labute approximate surface area is 170 Å². The Hall–Kier alpha value is -0.530. The van der Waals surface area contributed by atoms with Gasteiger partial charge in [0.15, 0.2) is 5.96 Å². The molecule has 0 aromatic carbocycles. The number of guanidine groups is 1. The average Bonchev–Trinajstić information content (AvgIpc) is 3.07. The summed E-state index contributed by atoms with van der Waals surface area (Å²) in [5.74, 6) is 2.11. The molecule has 1 unspecified atom stereocenters. The summed E-state index contributed by atoms with van der Waals surface area (Å²) in [5, 5.41) is 6.85. The van der Waals surface area contributed by atoms with Gasteiger partial charge in [-0.15, -0.1) is 24.0 Å². The van der Waals surface area contributed by atoms with E-state index in [1.54, 1.807) is 0 Å². The molecular weight excluding hydrogens is 427 g/mol. The van der Waals surface area contributed by atoms with E-state index < -0.39 is 0 Å². The van der Waals surface area contributed by atoms with Gasteiger partial charge in [-0.3, -0.25) is 9.79 Å². The van der Waals surface area contributed by atoms with Crippen LogP contribution in [0.2, 0.25) is 0 Å². The van der Waals surface area contributed by atoms with Crippen LogP contribution < -0.4 is 10.6 Å². The molecule has 1 amide bonds. The minimum Gasteiger partial charge on any atom is -0.357 e. The van der Waals surface area contributed by atoms with Crippen molar-refractivity contribution in [1.29, 1.82) is 0 Å². The topological polar surface area (TPSA) is 56.7 Å². The average molecular weight is 464 g/mol. The van der Waals surface area contributed by atoms with E-state index in [0.29, 0.717) is 12.5 Å². The first-order chi connectivity index (χ1) is 11.7. The van der Waals surface area contributed by atoms with Crippen molar-refractivity contribution in [2.75, 3.05) is 26.2 Å². The molecular formula is C19H37IN4O. The normalized spacial score (nSPS) is 21.8. The Morgan fingerprint density at radius 3 is 2.60 bits per heavy atom. The zero-order chi connectivity index (χ0) is 17.2. The van der Waals surface area contributed by atoms with Gasteiger partial charge in [-0.25, -0.2) is 0 Å². The van der Waals surface area contributed by atoms with Crippen LogP contribution in [0.3, 0.4) is 0 Å². The van der Waals surface area contributed by atoms with Crippen molar-refractivity contribution in [2.24, 2.45) is 10.9 Å². The molecule has 0 aromatic rings. The number of hydrogen-bond donors (Lipinski definition) is 2. The van der Waals surface area contributed by atoms with Crippen LogP contribution in [0.25, 0.3) is 0 Å². The molecule has 2 fully saturated rings. The number of halogens is 1. The first-order valence-corrected chi connectivity index (χ1v) is 10.1. The minimum absolute atomic E-state index is 0. The molecule has 1 heterocycles. The second kappa shape index (κ2) is 12.8. The number of aliphatic imine (C=N–C) groups is 1. The highest BCUT2D eigenvalue weighted by Gasteiger charge is 2.25. The Balaban J connectivity index is 0.00000312. The smallest absolute Gasteiger partial charge is 0.222 e. The van der Waals surface area contributed by atoms with Crippen LogP contribution in [0.4, 0.5) is 0 Å². The van der Waals surface area contributed by atoms with Crippen LogP contribution in [-0.2, 0) is 4.79 Å². The second-order valence-electron chi connectivity index (χ2n) is 7.23. The van der Waals surface area contributed by atoms with Crippen molar-refractivity contribution in [1.82, 2.24) is 15.5 Å². The highest BCUT2D eigenvalue weighted by Crippen LogP contribution is 2.27. The van der Waals surface area contributed by atoms with E-state index in [4.69, 9.17) is 4.99 Å². The van der Waals surface area contributed by atoms with E-state index >= 15 is 0 Å². The zero-order valence-corrected chi connectivity index (χ0v) is 18.4. The van der Waals surface area contributed by atoms with Gasteiger partial charge in [0, 0.05) is 38.6 Å². The van der Waals surface area contributed by atoms with E-state index in [1.165, 1.54) is 44.9 Å². The summed E-state index contributed by atoms with van der Waals surface area (Å²) in [6.07, 6.45) is 11.2. The molecule has 1 atom stereocenters. The third-order valence-corrected chi connectivity index (χ3v) is 5.29. The molecule has 1 aliphatic heterocycles. The summed E-state index contributed by atoms with van der Waals surface area (Å²) in [7, 11) is 0. The van der Waals surface area contributed by atoms with Crippen LogP contribution in [0, 0.1) is 5.92 Å². The predicted octanol–water partition coefficient (Wildman–Crippen LogP) is 3.53. The molecule has 1 saturated heterocycles. The number of likely N-dealkylation sites (tertiary alicyclic amines) is 1. The van der Waals surface area contributed by atoms with Crippen LogP contribution in [0.1, 0.15) is 71.6 Å². The molecule has 1 aliphatic carbocycles. The van der Waals surface area contributed by atoms with Crippen LogP contribution in [0.15, 0.2) is 4.99 Å². The predicted molar refractivity (Wildman–Crippen MR) is 116 cm³/mol. The van der Waals surface area contributed by atoms with Crippen LogP contribution in [0.5, 0.6) is 0 Å². The summed E-state index contributed by atoms with van der Waals surface area (Å²) in [4.78, 5) is 18.5. The molecule has 146 valence electrons. The lowest BCUT2D eigenvalue weighted by atomic mass is 9.86. The number of nitrogens with one attached hydrogen (secondary N) is 2. The molecule has 5 nitrogen and oxygen atoms in total. The minimum atomic E-state index is 0. The van der Waals surface area contributed by atoms with Gasteiger partial charge in [-0.2, -0.15) is 0 Å². The van der Waals surface area contributed by atoms with E-state index in [0.717, 1.165) is 44.5 Å². The van der Waals surface area contributed by atoms with Gasteiger partial charge >= 0.3 is 0 Å². The van der Waals surface area contributed by atoms with Gasteiger partial charge in [0.2, 0.25) is 5.91 Å². The van der Waals surface area contributed by atoms with Gasteiger partial charge in [0.05, 0.1) is 0 Å². The van der Waals surface area contributed by atoms with Crippen molar-refractivity contribution in [3.05, 3.63) is 0 Å². The molecule has 1 saturated carbocycles. The number of amides is 1. The van der Waals surface area contributed by atoms with Crippen molar-refractivity contribution in [2.45, 2.75) is 77.7 Å². The lowest BCUT2D eigenvalue weighted by Crippen LogP contribution is -2.45. The molecule has 0 aromatic heterocycles. The number of rotatable bonds is 7. The Bertz CT molecular complexity index is 410. The SMILES string of the molecule is CCNC(=NCCCC1CCCCC1)NC1CCN(C(=O)CC)C1.I. The lowest BCUT2D eigenvalue weighted by molar-refractivity contribution is -0.129. The van der Waals surface area contributed by atoms with Gasteiger partial charge in [0.1, 0.15) is 0 Å². The monoisotopic (exact) mass is 464 g/mol. The van der Waals surface area contributed by atoms with Crippen LogP contribution >= 0.6 is 24.0 Å². The molecule has 2 rings (SSSR count). The first-order valence-electron chi connectivity index (χ1n) is 10.1. The highest BCUT2D eigenvalue weighted by molar-refractivity contribution is 14.0. The quantitative estimate of drug-likeness (QED) is 0.262. The summed E-state index contributed by atoms with van der Waals surface area (Å²) in [6, 6.07) is 0.330. The number of carbonyl (C=O) groups excluding carboxylic acids is 1. The molecule has 25 heavy (non-hydrogen) atoms. The molecule has 2 N–H and O–H groups in total. The third-order valence-electron chi connectivity index (χ3n) is 5.29. The molecule has 2 aliphatic rings. The highest BCUT2D eigenvalue weighted by atomic mass is 127. The molecule has 6 heteroatoms. The fraction of sp³-hybridized carbons (Fsp3) is 0.895. The Kier molecular flexibility index (Phi) is 11.5. The lowest BCUT2D eigenvalue weighted by Gasteiger charge is -2.21. The molecule has 0 spiro atoms. The maximum atomic E-state index is 11.8. The van der Waals surface area contributed by atoms with E-state index in [1.807, 2.05) is 11.8 Å². The van der Waals surface area contributed by atoms with Crippen LogP contribution in [-0.4, -0.2) is 49.0 Å².